The number of carbonyl (C=O) groups is 1. The van der Waals surface area contributed by atoms with Gasteiger partial charge in [0, 0.05) is 24.3 Å². The quantitative estimate of drug-likeness (QED) is 0.724. The molecule has 0 spiro atoms. The van der Waals surface area contributed by atoms with Gasteiger partial charge in [0.05, 0.1) is 0 Å². The van der Waals surface area contributed by atoms with Crippen molar-refractivity contribution in [3.05, 3.63) is 23.4 Å². The number of amides is 1. The third-order valence-corrected chi connectivity index (χ3v) is 3.97. The number of anilines is 1. The van der Waals surface area contributed by atoms with Gasteiger partial charge in [0.2, 0.25) is 0 Å². The van der Waals surface area contributed by atoms with Crippen LogP contribution in [0.25, 0.3) is 0 Å². The molecule has 1 amide bonds. The van der Waals surface area contributed by atoms with Gasteiger partial charge in [-0.05, 0) is 43.4 Å². The topological polar surface area (TPSA) is 54.0 Å². The molecule has 0 saturated carbocycles. The lowest BCUT2D eigenvalue weighted by Crippen LogP contribution is -2.33. The Kier molecular flexibility index (Phi) is 7.44. The number of carbonyl (C=O) groups excluding carboxylic acids is 1. The number of nitrogens with zero attached hydrogens (tertiary/aromatic N) is 1. The van der Waals surface area contributed by atoms with Crippen LogP contribution in [0.3, 0.4) is 0 Å². The third-order valence-electron chi connectivity index (χ3n) is 3.04. The van der Waals surface area contributed by atoms with E-state index in [1.807, 2.05) is 31.8 Å². The van der Waals surface area contributed by atoms with Crippen LogP contribution in [-0.4, -0.2) is 35.5 Å². The van der Waals surface area contributed by atoms with E-state index in [1.54, 1.807) is 6.07 Å². The van der Waals surface area contributed by atoms with Crippen molar-refractivity contribution in [2.75, 3.05) is 23.9 Å². The third kappa shape index (κ3) is 5.41. The molecule has 0 aromatic carbocycles. The van der Waals surface area contributed by atoms with Gasteiger partial charge in [-0.25, -0.2) is 4.98 Å². The van der Waals surface area contributed by atoms with Crippen LogP contribution in [0.1, 0.15) is 43.2 Å². The predicted octanol–water partition coefficient (Wildman–Crippen LogP) is 2.95. The number of thioether (sulfide) groups is 1. The highest BCUT2D eigenvalue weighted by atomic mass is 32.2. The van der Waals surface area contributed by atoms with Gasteiger partial charge in [-0.15, -0.1) is 0 Å². The zero-order valence-corrected chi connectivity index (χ0v) is 13.6. The van der Waals surface area contributed by atoms with E-state index in [1.165, 1.54) is 0 Å². The van der Waals surface area contributed by atoms with Gasteiger partial charge < -0.3 is 10.6 Å². The van der Waals surface area contributed by atoms with Crippen molar-refractivity contribution in [1.82, 2.24) is 10.3 Å². The average molecular weight is 295 g/mol. The molecule has 1 rings (SSSR count). The maximum atomic E-state index is 12.3. The van der Waals surface area contributed by atoms with Crippen LogP contribution in [0, 0.1) is 0 Å². The Morgan fingerprint density at radius 1 is 1.40 bits per heavy atom. The highest BCUT2D eigenvalue weighted by Gasteiger charge is 2.12. The molecule has 0 aliphatic heterocycles. The van der Waals surface area contributed by atoms with Crippen molar-refractivity contribution in [3.63, 3.8) is 0 Å². The Morgan fingerprint density at radius 3 is 2.75 bits per heavy atom. The van der Waals surface area contributed by atoms with Crippen LogP contribution in [-0.2, 0) is 6.42 Å². The summed E-state index contributed by atoms with van der Waals surface area (Å²) in [6, 6.07) is 3.85. The number of aromatic nitrogens is 1. The van der Waals surface area contributed by atoms with E-state index in [2.05, 4.69) is 29.5 Å². The van der Waals surface area contributed by atoms with Crippen molar-refractivity contribution in [2.45, 2.75) is 39.7 Å². The maximum Gasteiger partial charge on any atom is 0.251 e. The zero-order valence-electron chi connectivity index (χ0n) is 12.8. The van der Waals surface area contributed by atoms with Crippen molar-refractivity contribution in [3.8, 4) is 0 Å². The van der Waals surface area contributed by atoms with Gasteiger partial charge in [-0.2, -0.15) is 11.8 Å². The lowest BCUT2D eigenvalue weighted by molar-refractivity contribution is 0.0939. The Labute approximate surface area is 126 Å². The highest BCUT2D eigenvalue weighted by Crippen LogP contribution is 2.12. The lowest BCUT2D eigenvalue weighted by Gasteiger charge is -2.14. The molecule has 5 heteroatoms. The summed E-state index contributed by atoms with van der Waals surface area (Å²) in [5.74, 6) is 2.92. The van der Waals surface area contributed by atoms with E-state index in [0.29, 0.717) is 5.56 Å². The van der Waals surface area contributed by atoms with Gasteiger partial charge in [-0.1, -0.05) is 13.8 Å². The second-order valence-electron chi connectivity index (χ2n) is 4.70. The van der Waals surface area contributed by atoms with Crippen LogP contribution in [0.2, 0.25) is 0 Å². The molecule has 0 radical (unpaired) electrons. The molecule has 0 aliphatic carbocycles. The largest absolute Gasteiger partial charge is 0.373 e. The monoisotopic (exact) mass is 295 g/mol. The summed E-state index contributed by atoms with van der Waals surface area (Å²) in [5, 5.41) is 6.05. The van der Waals surface area contributed by atoms with E-state index in [9.17, 15) is 4.79 Å². The summed E-state index contributed by atoms with van der Waals surface area (Å²) >= 11 is 1.90. The molecule has 1 aromatic heterocycles. The molecule has 1 heterocycles. The first kappa shape index (κ1) is 16.8. The highest BCUT2D eigenvalue weighted by molar-refractivity contribution is 7.99. The van der Waals surface area contributed by atoms with E-state index in [-0.39, 0.29) is 11.9 Å². The molecule has 0 fully saturated rings. The van der Waals surface area contributed by atoms with Crippen LogP contribution < -0.4 is 10.6 Å². The SMILES string of the molecule is CCSCCC(C)NC(=O)c1cc(CC)nc(NC)c1. The molecular weight excluding hydrogens is 270 g/mol. The molecule has 0 aliphatic rings. The van der Waals surface area contributed by atoms with Crippen LogP contribution in [0.4, 0.5) is 5.82 Å². The lowest BCUT2D eigenvalue weighted by atomic mass is 10.1. The Hall–Kier alpha value is -1.23. The molecule has 20 heavy (non-hydrogen) atoms. The number of aryl methyl sites for hydroxylation is 1. The molecule has 1 aromatic rings. The van der Waals surface area contributed by atoms with Crippen molar-refractivity contribution in [1.29, 1.82) is 0 Å². The number of rotatable bonds is 8. The van der Waals surface area contributed by atoms with E-state index >= 15 is 0 Å². The van der Waals surface area contributed by atoms with Gasteiger partial charge in [0.15, 0.2) is 0 Å². The predicted molar refractivity (Wildman–Crippen MR) is 87.7 cm³/mol. The van der Waals surface area contributed by atoms with Gasteiger partial charge in [-0.3, -0.25) is 4.79 Å². The van der Waals surface area contributed by atoms with Gasteiger partial charge in [0.1, 0.15) is 5.82 Å². The first-order chi connectivity index (χ1) is 9.60. The van der Waals surface area contributed by atoms with Crippen LogP contribution >= 0.6 is 11.8 Å². The maximum absolute atomic E-state index is 12.3. The minimum atomic E-state index is -0.0207. The Morgan fingerprint density at radius 2 is 2.15 bits per heavy atom. The molecular formula is C15H25N3OS. The minimum Gasteiger partial charge on any atom is -0.373 e. The molecule has 1 atom stereocenters. The second kappa shape index (κ2) is 8.84. The summed E-state index contributed by atoms with van der Waals surface area (Å²) in [4.78, 5) is 16.6. The molecule has 0 saturated heterocycles. The summed E-state index contributed by atoms with van der Waals surface area (Å²) < 4.78 is 0. The number of pyridine rings is 1. The standard InChI is InChI=1S/C15H25N3OS/c1-5-13-9-12(10-14(16-4)18-13)15(19)17-11(3)7-8-20-6-2/h9-11H,5-8H2,1-4H3,(H,16,18)(H,17,19). The molecule has 0 bridgehead atoms. The number of hydrogen-bond donors (Lipinski definition) is 2. The first-order valence-electron chi connectivity index (χ1n) is 7.18. The minimum absolute atomic E-state index is 0.0207. The van der Waals surface area contributed by atoms with Crippen LogP contribution in [0.15, 0.2) is 12.1 Å². The molecule has 112 valence electrons. The fraction of sp³-hybridized carbons (Fsp3) is 0.600. The van der Waals surface area contributed by atoms with Crippen molar-refractivity contribution in [2.24, 2.45) is 0 Å². The fourth-order valence-electron chi connectivity index (χ4n) is 1.81. The smallest absolute Gasteiger partial charge is 0.251 e. The summed E-state index contributed by atoms with van der Waals surface area (Å²) in [7, 11) is 1.81. The van der Waals surface area contributed by atoms with Gasteiger partial charge in [0.25, 0.3) is 5.91 Å². The van der Waals surface area contributed by atoms with E-state index in [0.717, 1.165) is 35.9 Å². The zero-order chi connectivity index (χ0) is 15.0. The Bertz CT molecular complexity index is 415. The molecule has 2 N–H and O–H groups in total. The Balaban J connectivity index is 2.66. The van der Waals surface area contributed by atoms with E-state index in [4.69, 9.17) is 0 Å². The number of hydrogen-bond acceptors (Lipinski definition) is 4. The summed E-state index contributed by atoms with van der Waals surface area (Å²) in [6.45, 7) is 6.24. The average Bonchev–Trinajstić information content (AvgIpc) is 2.46. The fourth-order valence-corrected chi connectivity index (χ4v) is 2.62. The number of nitrogens with one attached hydrogen (secondary N) is 2. The second-order valence-corrected chi connectivity index (χ2v) is 6.09. The first-order valence-corrected chi connectivity index (χ1v) is 8.33. The van der Waals surface area contributed by atoms with Crippen molar-refractivity contribution >= 4 is 23.5 Å². The van der Waals surface area contributed by atoms with Gasteiger partial charge >= 0.3 is 0 Å². The van der Waals surface area contributed by atoms with Crippen molar-refractivity contribution < 1.29 is 4.79 Å². The molecule has 4 nitrogen and oxygen atoms in total. The normalized spacial score (nSPS) is 12.0. The summed E-state index contributed by atoms with van der Waals surface area (Å²) in [5.41, 5.74) is 1.60. The van der Waals surface area contributed by atoms with Crippen LogP contribution in [0.5, 0.6) is 0 Å². The van der Waals surface area contributed by atoms with E-state index < -0.39 is 0 Å². The summed E-state index contributed by atoms with van der Waals surface area (Å²) in [6.07, 6.45) is 1.81. The molecule has 1 unspecified atom stereocenters.